The summed E-state index contributed by atoms with van der Waals surface area (Å²) in [7, 11) is 0. The van der Waals surface area contributed by atoms with Gasteiger partial charge in [-0.05, 0) is 13.3 Å². The minimum Gasteiger partial charge on any atom is -0.380 e. The predicted molar refractivity (Wildman–Crippen MR) is 49.1 cm³/mol. The van der Waals surface area contributed by atoms with E-state index in [1.54, 1.807) is 0 Å². The first-order chi connectivity index (χ1) is 6.99. The zero-order valence-corrected chi connectivity index (χ0v) is 8.64. The van der Waals surface area contributed by atoms with Gasteiger partial charge in [-0.1, -0.05) is 0 Å². The van der Waals surface area contributed by atoms with Crippen LogP contribution in [0.2, 0.25) is 0 Å². The molecule has 92 valence electrons. The van der Waals surface area contributed by atoms with Crippen molar-refractivity contribution in [3.8, 4) is 0 Å². The second kappa shape index (κ2) is 7.86. The third-order valence-electron chi connectivity index (χ3n) is 1.64. The number of halogens is 3. The molecule has 0 aliphatic carbocycles. The molecule has 0 heterocycles. The van der Waals surface area contributed by atoms with Crippen molar-refractivity contribution in [3.63, 3.8) is 0 Å². The van der Waals surface area contributed by atoms with E-state index in [9.17, 15) is 13.2 Å². The van der Waals surface area contributed by atoms with Gasteiger partial charge >= 0.3 is 6.18 Å². The van der Waals surface area contributed by atoms with E-state index in [0.29, 0.717) is 19.6 Å². The van der Waals surface area contributed by atoms with Gasteiger partial charge in [0.25, 0.3) is 0 Å². The molecule has 0 saturated carbocycles. The number of hydrazine groups is 1. The summed E-state index contributed by atoms with van der Waals surface area (Å²) in [5.41, 5.74) is 2.45. The second-order valence-corrected chi connectivity index (χ2v) is 2.98. The molecule has 0 fully saturated rings. The Labute approximate surface area is 86.9 Å². The lowest BCUT2D eigenvalue weighted by Gasteiger charge is -2.15. The van der Waals surface area contributed by atoms with Crippen molar-refractivity contribution in [1.82, 2.24) is 5.43 Å². The van der Waals surface area contributed by atoms with Crippen LogP contribution in [0.15, 0.2) is 0 Å². The van der Waals surface area contributed by atoms with Crippen LogP contribution in [0.5, 0.6) is 0 Å². The Bertz CT molecular complexity index is 155. The maximum atomic E-state index is 11.7. The van der Waals surface area contributed by atoms with E-state index in [1.165, 1.54) is 0 Å². The molecule has 0 bridgehead atoms. The Balaban J connectivity index is 3.46. The van der Waals surface area contributed by atoms with Gasteiger partial charge in [0, 0.05) is 19.3 Å². The molecule has 0 rings (SSSR count). The standard InChI is InChI=1S/C8H17F3N2O2/c1-2-14-5-7(13-12)3-4-15-6-8(9,10)11/h7,13H,2-6,12H2,1H3. The lowest BCUT2D eigenvalue weighted by Crippen LogP contribution is -2.39. The van der Waals surface area contributed by atoms with E-state index < -0.39 is 12.8 Å². The van der Waals surface area contributed by atoms with Crippen LogP contribution in [-0.2, 0) is 9.47 Å². The van der Waals surface area contributed by atoms with Crippen molar-refractivity contribution in [3.05, 3.63) is 0 Å². The van der Waals surface area contributed by atoms with E-state index in [0.717, 1.165) is 0 Å². The van der Waals surface area contributed by atoms with Crippen molar-refractivity contribution >= 4 is 0 Å². The van der Waals surface area contributed by atoms with Crippen LogP contribution in [0.1, 0.15) is 13.3 Å². The van der Waals surface area contributed by atoms with E-state index in [2.05, 4.69) is 10.2 Å². The summed E-state index contributed by atoms with van der Waals surface area (Å²) in [5.74, 6) is 5.17. The summed E-state index contributed by atoms with van der Waals surface area (Å²) in [6.07, 6.45) is -3.89. The van der Waals surface area contributed by atoms with Gasteiger partial charge in [0.15, 0.2) is 0 Å². The molecule has 0 spiro atoms. The SMILES string of the molecule is CCOCC(CCOCC(F)(F)F)NN. The largest absolute Gasteiger partial charge is 0.411 e. The molecule has 0 aliphatic heterocycles. The number of nitrogens with one attached hydrogen (secondary N) is 1. The average Bonchev–Trinajstić information content (AvgIpc) is 2.15. The van der Waals surface area contributed by atoms with Crippen molar-refractivity contribution in [1.29, 1.82) is 0 Å². The number of ether oxygens (including phenoxy) is 2. The zero-order valence-electron chi connectivity index (χ0n) is 8.64. The quantitative estimate of drug-likeness (QED) is 0.368. The van der Waals surface area contributed by atoms with Crippen molar-refractivity contribution in [2.24, 2.45) is 5.84 Å². The van der Waals surface area contributed by atoms with Gasteiger partial charge in [0.1, 0.15) is 6.61 Å². The Morgan fingerprint density at radius 1 is 1.33 bits per heavy atom. The van der Waals surface area contributed by atoms with Crippen LogP contribution in [0.4, 0.5) is 13.2 Å². The lowest BCUT2D eigenvalue weighted by molar-refractivity contribution is -0.174. The van der Waals surface area contributed by atoms with Crippen LogP contribution < -0.4 is 11.3 Å². The Kier molecular flexibility index (Phi) is 7.67. The summed E-state index contributed by atoms with van der Waals surface area (Å²) >= 11 is 0. The van der Waals surface area contributed by atoms with Gasteiger partial charge in [-0.25, -0.2) is 0 Å². The fraction of sp³-hybridized carbons (Fsp3) is 1.00. The summed E-state index contributed by atoms with van der Waals surface area (Å²) in [5, 5.41) is 0. The number of nitrogens with two attached hydrogens (primary N) is 1. The Morgan fingerprint density at radius 3 is 2.47 bits per heavy atom. The van der Waals surface area contributed by atoms with Gasteiger partial charge in [-0.15, -0.1) is 0 Å². The molecule has 1 unspecified atom stereocenters. The normalized spacial score (nSPS) is 14.2. The second-order valence-electron chi connectivity index (χ2n) is 2.98. The van der Waals surface area contributed by atoms with Crippen molar-refractivity contribution in [2.45, 2.75) is 25.6 Å². The molecule has 0 amide bonds. The summed E-state index contributed by atoms with van der Waals surface area (Å²) in [4.78, 5) is 0. The van der Waals surface area contributed by atoms with Crippen LogP contribution in [0.3, 0.4) is 0 Å². The van der Waals surface area contributed by atoms with Crippen molar-refractivity contribution < 1.29 is 22.6 Å². The third-order valence-corrected chi connectivity index (χ3v) is 1.64. The number of hydrogen-bond acceptors (Lipinski definition) is 4. The van der Waals surface area contributed by atoms with Gasteiger partial charge in [0.05, 0.1) is 6.61 Å². The number of rotatable bonds is 8. The molecule has 0 radical (unpaired) electrons. The fourth-order valence-electron chi connectivity index (χ4n) is 0.888. The van der Waals surface area contributed by atoms with Gasteiger partial charge < -0.3 is 9.47 Å². The van der Waals surface area contributed by atoms with Gasteiger partial charge in [0.2, 0.25) is 0 Å². The van der Waals surface area contributed by atoms with E-state index in [-0.39, 0.29) is 12.6 Å². The molecule has 0 saturated heterocycles. The lowest BCUT2D eigenvalue weighted by atomic mass is 10.2. The highest BCUT2D eigenvalue weighted by molar-refractivity contribution is 4.61. The monoisotopic (exact) mass is 230 g/mol. The number of hydrogen-bond donors (Lipinski definition) is 2. The van der Waals surface area contributed by atoms with E-state index in [1.807, 2.05) is 6.92 Å². The first-order valence-electron chi connectivity index (χ1n) is 4.68. The minimum atomic E-state index is -4.27. The summed E-state index contributed by atoms with van der Waals surface area (Å²) in [6.45, 7) is 1.51. The molecule has 4 nitrogen and oxygen atoms in total. The van der Waals surface area contributed by atoms with Gasteiger partial charge in [-0.3, -0.25) is 11.3 Å². The number of alkyl halides is 3. The van der Waals surface area contributed by atoms with Crippen LogP contribution >= 0.6 is 0 Å². The van der Waals surface area contributed by atoms with E-state index >= 15 is 0 Å². The highest BCUT2D eigenvalue weighted by Gasteiger charge is 2.27. The maximum absolute atomic E-state index is 11.7. The molecule has 0 aromatic rings. The average molecular weight is 230 g/mol. The third kappa shape index (κ3) is 9.92. The fourth-order valence-corrected chi connectivity index (χ4v) is 0.888. The molecule has 0 aromatic carbocycles. The Hall–Kier alpha value is -0.370. The molecule has 15 heavy (non-hydrogen) atoms. The molecule has 0 aromatic heterocycles. The molecule has 1 atom stereocenters. The predicted octanol–water partition coefficient (Wildman–Crippen LogP) is 0.824. The van der Waals surface area contributed by atoms with Crippen molar-refractivity contribution in [2.75, 3.05) is 26.4 Å². The smallest absolute Gasteiger partial charge is 0.380 e. The zero-order chi connectivity index (χ0) is 11.7. The molecular formula is C8H17F3N2O2. The topological polar surface area (TPSA) is 56.5 Å². The van der Waals surface area contributed by atoms with Crippen LogP contribution in [-0.4, -0.2) is 38.6 Å². The summed E-state index contributed by atoms with van der Waals surface area (Å²) in [6, 6.07) is -0.182. The minimum absolute atomic E-state index is 0.00144. The highest BCUT2D eigenvalue weighted by Crippen LogP contribution is 2.14. The maximum Gasteiger partial charge on any atom is 0.411 e. The van der Waals surface area contributed by atoms with Crippen LogP contribution in [0, 0.1) is 0 Å². The highest BCUT2D eigenvalue weighted by atomic mass is 19.4. The first kappa shape index (κ1) is 14.6. The Morgan fingerprint density at radius 2 is 2.00 bits per heavy atom. The van der Waals surface area contributed by atoms with Gasteiger partial charge in [-0.2, -0.15) is 13.2 Å². The molecular weight excluding hydrogens is 213 g/mol. The van der Waals surface area contributed by atoms with E-state index in [4.69, 9.17) is 10.6 Å². The van der Waals surface area contributed by atoms with Crippen LogP contribution in [0.25, 0.3) is 0 Å². The molecule has 7 heteroatoms. The summed E-state index contributed by atoms with van der Waals surface area (Å²) < 4.78 is 44.5. The first-order valence-corrected chi connectivity index (χ1v) is 4.68. The molecule has 0 aliphatic rings. The molecule has 3 N–H and O–H groups in total.